The van der Waals surface area contributed by atoms with Crippen molar-refractivity contribution in [3.05, 3.63) is 23.9 Å². The third-order valence-electron chi connectivity index (χ3n) is 6.09. The number of pyridine rings is 1. The minimum Gasteiger partial charge on any atom is -0.474 e. The van der Waals surface area contributed by atoms with Crippen LogP contribution < -0.4 is 15.8 Å². The van der Waals surface area contributed by atoms with E-state index < -0.39 is 17.6 Å². The maximum absolute atomic E-state index is 12.8. The molecule has 1 heterocycles. The summed E-state index contributed by atoms with van der Waals surface area (Å²) in [6.45, 7) is 3.27. The van der Waals surface area contributed by atoms with Crippen LogP contribution in [0.5, 0.6) is 5.88 Å². The van der Waals surface area contributed by atoms with Gasteiger partial charge in [0.2, 0.25) is 18.2 Å². The molecule has 9 heteroatoms. The first-order chi connectivity index (χ1) is 14.1. The summed E-state index contributed by atoms with van der Waals surface area (Å²) < 4.78 is 5.85. The largest absolute Gasteiger partial charge is 0.474 e. The van der Waals surface area contributed by atoms with E-state index in [9.17, 15) is 19.5 Å². The molecule has 0 aliphatic heterocycles. The van der Waals surface area contributed by atoms with E-state index in [1.165, 1.54) is 4.90 Å². The Labute approximate surface area is 176 Å². The molecule has 0 aromatic carbocycles. The zero-order valence-electron chi connectivity index (χ0n) is 17.6. The van der Waals surface area contributed by atoms with E-state index in [0.29, 0.717) is 6.41 Å². The van der Waals surface area contributed by atoms with Crippen molar-refractivity contribution in [2.75, 3.05) is 7.05 Å². The molecule has 1 spiro atoms. The molecule has 3 rings (SSSR count). The topological polar surface area (TPSA) is 135 Å². The number of hydrogen-bond acceptors (Lipinski definition) is 7. The molecule has 1 atom stereocenters. The first-order valence-electron chi connectivity index (χ1n) is 10.2. The average Bonchev–Trinajstić information content (AvgIpc) is 2.61. The van der Waals surface area contributed by atoms with E-state index in [1.54, 1.807) is 39.2 Å². The summed E-state index contributed by atoms with van der Waals surface area (Å²) in [4.78, 5) is 41.3. The minimum absolute atomic E-state index is 0.0456. The first kappa shape index (κ1) is 22.2. The van der Waals surface area contributed by atoms with E-state index in [4.69, 9.17) is 10.5 Å². The van der Waals surface area contributed by atoms with Crippen LogP contribution in [0.2, 0.25) is 0 Å². The summed E-state index contributed by atoms with van der Waals surface area (Å²) in [5.74, 6) is -0.656. The number of primary amides is 1. The monoisotopic (exact) mass is 418 g/mol. The van der Waals surface area contributed by atoms with Gasteiger partial charge in [0.1, 0.15) is 11.7 Å². The summed E-state index contributed by atoms with van der Waals surface area (Å²) in [6, 6.07) is 2.44. The molecule has 2 saturated carbocycles. The predicted octanol–water partition coefficient (Wildman–Crippen LogP) is 0.605. The highest BCUT2D eigenvalue weighted by Crippen LogP contribution is 2.58. The third kappa shape index (κ3) is 4.62. The lowest BCUT2D eigenvalue weighted by Gasteiger charge is -2.58. The highest BCUT2D eigenvalue weighted by molar-refractivity contribution is 5.95. The van der Waals surface area contributed by atoms with Gasteiger partial charge in [-0.15, -0.1) is 0 Å². The summed E-state index contributed by atoms with van der Waals surface area (Å²) >= 11 is 0. The molecule has 2 aliphatic carbocycles. The van der Waals surface area contributed by atoms with Crippen LogP contribution in [0.3, 0.4) is 0 Å². The highest BCUT2D eigenvalue weighted by atomic mass is 16.5. The smallest absolute Gasteiger partial charge is 0.254 e. The lowest BCUT2D eigenvalue weighted by Crippen LogP contribution is -2.61. The lowest BCUT2D eigenvalue weighted by atomic mass is 9.52. The molecular formula is C21H30N4O5. The van der Waals surface area contributed by atoms with Crippen LogP contribution in [-0.4, -0.2) is 64.1 Å². The van der Waals surface area contributed by atoms with E-state index in [-0.39, 0.29) is 41.3 Å². The molecule has 0 saturated heterocycles. The van der Waals surface area contributed by atoms with Gasteiger partial charge in [0.25, 0.3) is 5.91 Å². The van der Waals surface area contributed by atoms with Crippen molar-refractivity contribution in [2.45, 2.75) is 69.7 Å². The second kappa shape index (κ2) is 8.31. The zero-order chi connectivity index (χ0) is 22.1. The molecule has 1 aromatic heterocycles. The number of nitrogens with two attached hydrogens (primary N) is 1. The van der Waals surface area contributed by atoms with Gasteiger partial charge < -0.3 is 20.9 Å². The summed E-state index contributed by atoms with van der Waals surface area (Å²) in [5, 5.41) is 12.9. The van der Waals surface area contributed by atoms with Gasteiger partial charge in [-0.1, -0.05) is 0 Å². The first-order valence-corrected chi connectivity index (χ1v) is 10.2. The second-order valence-electron chi connectivity index (χ2n) is 9.14. The van der Waals surface area contributed by atoms with Gasteiger partial charge in [0.15, 0.2) is 0 Å². The number of aliphatic hydroxyl groups is 1. The number of imide groups is 1. The van der Waals surface area contributed by atoms with Crippen LogP contribution >= 0.6 is 0 Å². The van der Waals surface area contributed by atoms with Gasteiger partial charge in [0.05, 0.1) is 11.6 Å². The molecule has 0 bridgehead atoms. The molecule has 30 heavy (non-hydrogen) atoms. The number of amides is 3. The van der Waals surface area contributed by atoms with Gasteiger partial charge in [-0.3, -0.25) is 19.3 Å². The summed E-state index contributed by atoms with van der Waals surface area (Å²) in [5.41, 5.74) is 4.64. The van der Waals surface area contributed by atoms with Gasteiger partial charge in [-0.2, -0.15) is 0 Å². The van der Waals surface area contributed by atoms with Crippen LogP contribution in [0.4, 0.5) is 0 Å². The van der Waals surface area contributed by atoms with Crippen LogP contribution in [0.15, 0.2) is 18.3 Å². The van der Waals surface area contributed by atoms with Crippen molar-refractivity contribution in [1.29, 1.82) is 0 Å². The average molecular weight is 418 g/mol. The molecule has 0 radical (unpaired) electrons. The number of nitrogens with zero attached hydrogens (tertiary/aromatic N) is 2. The summed E-state index contributed by atoms with van der Waals surface area (Å²) in [6.07, 6.45) is 5.29. The number of carbonyl (C=O) groups excluding carboxylic acids is 3. The number of rotatable bonds is 9. The van der Waals surface area contributed by atoms with Crippen molar-refractivity contribution in [3.63, 3.8) is 0 Å². The molecule has 164 valence electrons. The van der Waals surface area contributed by atoms with Crippen LogP contribution in [0.25, 0.3) is 0 Å². The van der Waals surface area contributed by atoms with Crippen molar-refractivity contribution in [1.82, 2.24) is 15.2 Å². The van der Waals surface area contributed by atoms with Gasteiger partial charge in [-0.25, -0.2) is 4.98 Å². The van der Waals surface area contributed by atoms with E-state index in [2.05, 4.69) is 10.3 Å². The molecule has 4 N–H and O–H groups in total. The van der Waals surface area contributed by atoms with Crippen LogP contribution in [0.1, 0.15) is 56.3 Å². The Morgan fingerprint density at radius 1 is 1.43 bits per heavy atom. The number of aromatic nitrogens is 1. The Hall–Kier alpha value is -2.52. The molecule has 3 amide bonds. The molecule has 1 unspecified atom stereocenters. The van der Waals surface area contributed by atoms with Gasteiger partial charge in [-0.05, 0) is 70.5 Å². The minimum atomic E-state index is -1.02. The molecule has 1 aromatic rings. The quantitative estimate of drug-likeness (QED) is 0.500. The van der Waals surface area contributed by atoms with Crippen LogP contribution in [-0.2, 0) is 9.59 Å². The number of nitrogens with one attached hydrogen (secondary N) is 1. The third-order valence-corrected chi connectivity index (χ3v) is 6.09. The number of ether oxygens (including phenoxy) is 1. The molecule has 2 fully saturated rings. The van der Waals surface area contributed by atoms with E-state index in [0.717, 1.165) is 25.7 Å². The number of hydrogen-bond donors (Lipinski definition) is 3. The Kier molecular flexibility index (Phi) is 6.14. The fourth-order valence-corrected chi connectivity index (χ4v) is 4.60. The van der Waals surface area contributed by atoms with E-state index in [1.807, 2.05) is 0 Å². The fourth-order valence-electron chi connectivity index (χ4n) is 4.60. The SMILES string of the molecule is CNC(CC(C)(C)O)C(=O)N(C=O)[C@H]1CC2(C[C@H](Oc3ncccc3C(N)=O)C2)C1. The Morgan fingerprint density at radius 3 is 2.63 bits per heavy atom. The zero-order valence-corrected chi connectivity index (χ0v) is 17.6. The fraction of sp³-hybridized carbons (Fsp3) is 0.619. The lowest BCUT2D eigenvalue weighted by molar-refractivity contribution is -0.157. The predicted molar refractivity (Wildman–Crippen MR) is 109 cm³/mol. The van der Waals surface area contributed by atoms with Crippen LogP contribution in [0, 0.1) is 5.41 Å². The standard InChI is InChI=1S/C21H30N4O5/c1-20(2,29)11-16(23-3)19(28)25(12-26)13-7-21(8-13)9-14(10-21)30-18-15(17(22)27)5-4-6-24-18/h4-6,12-14,16,23,29H,7-11H2,1-3H3,(H2,22,27)/t13-,14-,16?,21?. The van der Waals surface area contributed by atoms with Crippen molar-refractivity contribution >= 4 is 18.2 Å². The van der Waals surface area contributed by atoms with Crippen molar-refractivity contribution in [3.8, 4) is 5.88 Å². The number of likely N-dealkylation sites (N-methyl/N-ethyl adjacent to an activating group) is 1. The molecule has 9 nitrogen and oxygen atoms in total. The maximum Gasteiger partial charge on any atom is 0.254 e. The van der Waals surface area contributed by atoms with Gasteiger partial charge >= 0.3 is 0 Å². The summed E-state index contributed by atoms with van der Waals surface area (Å²) in [7, 11) is 1.64. The molecule has 2 aliphatic rings. The van der Waals surface area contributed by atoms with Crippen molar-refractivity contribution < 1.29 is 24.2 Å². The van der Waals surface area contributed by atoms with Gasteiger partial charge in [0, 0.05) is 12.2 Å². The van der Waals surface area contributed by atoms with Crippen molar-refractivity contribution in [2.24, 2.45) is 11.1 Å². The normalized spacial score (nSPS) is 26.3. The second-order valence-corrected chi connectivity index (χ2v) is 9.14. The Bertz CT molecular complexity index is 808. The Balaban J connectivity index is 1.54. The maximum atomic E-state index is 12.8. The number of carbonyl (C=O) groups is 3. The Morgan fingerprint density at radius 2 is 2.10 bits per heavy atom. The highest BCUT2D eigenvalue weighted by Gasteiger charge is 2.56. The molecular weight excluding hydrogens is 388 g/mol. The van der Waals surface area contributed by atoms with E-state index >= 15 is 0 Å².